The number of benzene rings is 1. The highest BCUT2D eigenvalue weighted by Gasteiger charge is 2.53. The second-order valence-electron chi connectivity index (χ2n) is 12.8. The van der Waals surface area contributed by atoms with Crippen LogP contribution in [0, 0.1) is 5.92 Å². The van der Waals surface area contributed by atoms with Gasteiger partial charge in [0.1, 0.15) is 0 Å². The summed E-state index contributed by atoms with van der Waals surface area (Å²) in [6.45, 7) is 23.6. The van der Waals surface area contributed by atoms with Crippen LogP contribution < -0.4 is 0 Å². The molecule has 0 saturated carbocycles. The van der Waals surface area contributed by atoms with E-state index in [0.717, 1.165) is 18.1 Å². The molecule has 2 aliphatic rings. The van der Waals surface area contributed by atoms with Crippen LogP contribution in [0.5, 0.6) is 0 Å². The molecular formula is C29H50B2O5Si. The van der Waals surface area contributed by atoms with Crippen molar-refractivity contribution < 1.29 is 23.0 Å². The van der Waals surface area contributed by atoms with Crippen LogP contribution in [0.15, 0.2) is 42.4 Å². The molecule has 0 aliphatic carbocycles. The van der Waals surface area contributed by atoms with E-state index in [1.165, 1.54) is 5.56 Å². The van der Waals surface area contributed by atoms with Gasteiger partial charge < -0.3 is 23.0 Å². The molecule has 1 aromatic carbocycles. The highest BCUT2D eigenvalue weighted by molar-refractivity contribution is 6.73. The molecule has 0 radical (unpaired) electrons. The fourth-order valence-electron chi connectivity index (χ4n) is 5.10. The Hall–Kier alpha value is -0.893. The maximum Gasteiger partial charge on any atom is 0.486 e. The Morgan fingerprint density at radius 2 is 1.22 bits per heavy atom. The first-order chi connectivity index (χ1) is 17.1. The van der Waals surface area contributed by atoms with E-state index in [4.69, 9.17) is 23.0 Å². The third-order valence-corrected chi connectivity index (χ3v) is 14.0. The van der Waals surface area contributed by atoms with Crippen LogP contribution in [0.25, 0.3) is 0 Å². The molecule has 2 fully saturated rings. The topological polar surface area (TPSA) is 46.2 Å². The van der Waals surface area contributed by atoms with E-state index in [1.807, 2.05) is 0 Å². The van der Waals surface area contributed by atoms with E-state index >= 15 is 0 Å². The number of hydrogen-bond acceptors (Lipinski definition) is 5. The molecular weight excluding hydrogens is 478 g/mol. The van der Waals surface area contributed by atoms with Crippen molar-refractivity contribution >= 4 is 22.6 Å². The van der Waals surface area contributed by atoms with Crippen molar-refractivity contribution in [1.82, 2.24) is 0 Å². The lowest BCUT2D eigenvalue weighted by atomic mass is 9.72. The van der Waals surface area contributed by atoms with E-state index < -0.39 is 15.4 Å². The van der Waals surface area contributed by atoms with Crippen LogP contribution >= 0.6 is 0 Å². The predicted octanol–water partition coefficient (Wildman–Crippen LogP) is 7.65. The van der Waals surface area contributed by atoms with Gasteiger partial charge in [-0.15, -0.1) is 0 Å². The third kappa shape index (κ3) is 6.64. The monoisotopic (exact) mass is 528 g/mol. The predicted molar refractivity (Wildman–Crippen MR) is 157 cm³/mol. The summed E-state index contributed by atoms with van der Waals surface area (Å²) >= 11 is 0. The average Bonchev–Trinajstić information content (AvgIpc) is 3.17. The highest BCUT2D eigenvalue weighted by atomic mass is 28.4. The fourth-order valence-corrected chi connectivity index (χ4v) is 7.95. The van der Waals surface area contributed by atoms with E-state index in [9.17, 15) is 0 Å². The summed E-state index contributed by atoms with van der Waals surface area (Å²) in [5.74, 6) is 2.09. The van der Waals surface area contributed by atoms with Gasteiger partial charge >= 0.3 is 14.2 Å². The number of rotatable bonds is 11. The summed E-state index contributed by atoms with van der Waals surface area (Å²) in [7, 11) is -2.66. The molecule has 0 spiro atoms. The first kappa shape index (κ1) is 30.6. The van der Waals surface area contributed by atoms with Crippen LogP contribution in [0.3, 0.4) is 0 Å². The molecule has 1 aromatic rings. The fraction of sp³-hybridized carbons (Fsp3) is 0.724. The molecule has 37 heavy (non-hydrogen) atoms. The van der Waals surface area contributed by atoms with Gasteiger partial charge in [0.15, 0.2) is 8.32 Å². The molecule has 0 aromatic heterocycles. The largest absolute Gasteiger partial charge is 0.486 e. The Bertz CT molecular complexity index is 874. The Labute approximate surface area is 228 Å². The van der Waals surface area contributed by atoms with Gasteiger partial charge in [-0.3, -0.25) is 0 Å². The van der Waals surface area contributed by atoms with Gasteiger partial charge in [0, 0.05) is 5.92 Å². The van der Waals surface area contributed by atoms with Crippen molar-refractivity contribution in [2.75, 3.05) is 0 Å². The standard InChI is InChI=1S/C29H50B2O5Si/c1-12-37(13-2,14-3)32-25(23-18-16-15-17-19-23)24(22-31-35-28(8,9)29(10,11)36-31)20-21-30-33-26(4,5)27(6,7)34-30/h15-21,24-25H,12-14,22H2,1-11H3/b21-20+/t24-,25-/m0/s1. The zero-order chi connectivity index (χ0) is 27.7. The normalized spacial score (nSPS) is 24.1. The first-order valence-electron chi connectivity index (χ1n) is 14.2. The van der Waals surface area contributed by atoms with Crippen LogP contribution in [0.1, 0.15) is 87.8 Å². The Kier molecular flexibility index (Phi) is 9.36. The zero-order valence-electron chi connectivity index (χ0n) is 25.2. The lowest BCUT2D eigenvalue weighted by Gasteiger charge is -2.37. The van der Waals surface area contributed by atoms with Crippen molar-refractivity contribution in [2.45, 2.75) is 129 Å². The van der Waals surface area contributed by atoms with Crippen molar-refractivity contribution in [3.63, 3.8) is 0 Å². The molecule has 0 amide bonds. The Morgan fingerprint density at radius 1 is 0.757 bits per heavy atom. The minimum atomic E-state index is -1.92. The van der Waals surface area contributed by atoms with E-state index in [0.29, 0.717) is 6.32 Å². The summed E-state index contributed by atoms with van der Waals surface area (Å²) in [6, 6.07) is 13.9. The van der Waals surface area contributed by atoms with Gasteiger partial charge in [-0.25, -0.2) is 0 Å². The molecule has 8 heteroatoms. The maximum absolute atomic E-state index is 7.24. The zero-order valence-corrected chi connectivity index (χ0v) is 26.2. The summed E-state index contributed by atoms with van der Waals surface area (Å²) in [4.78, 5) is 0. The minimum absolute atomic E-state index is 0.0210. The summed E-state index contributed by atoms with van der Waals surface area (Å²) in [5.41, 5.74) is -0.333. The van der Waals surface area contributed by atoms with Gasteiger partial charge in [-0.2, -0.15) is 0 Å². The third-order valence-electron chi connectivity index (χ3n) is 9.38. The molecule has 0 N–H and O–H groups in total. The lowest BCUT2D eigenvalue weighted by molar-refractivity contribution is 0.00578. The smallest absolute Gasteiger partial charge is 0.409 e. The first-order valence-corrected chi connectivity index (χ1v) is 16.8. The van der Waals surface area contributed by atoms with Crippen LogP contribution in [0.2, 0.25) is 24.5 Å². The van der Waals surface area contributed by atoms with E-state index in [1.54, 1.807) is 0 Å². The Morgan fingerprint density at radius 3 is 1.68 bits per heavy atom. The van der Waals surface area contributed by atoms with Gasteiger partial charge in [0.2, 0.25) is 0 Å². The highest BCUT2D eigenvalue weighted by Crippen LogP contribution is 2.43. The van der Waals surface area contributed by atoms with Crippen molar-refractivity contribution in [2.24, 2.45) is 5.92 Å². The molecule has 5 nitrogen and oxygen atoms in total. The second kappa shape index (κ2) is 11.3. The number of hydrogen-bond donors (Lipinski definition) is 0. The molecule has 3 rings (SSSR count). The van der Waals surface area contributed by atoms with Crippen LogP contribution in [-0.2, 0) is 23.0 Å². The molecule has 2 saturated heterocycles. The SMILES string of the molecule is CC[Si](CC)(CC)O[C@@H](c1ccccc1)[C@@H](/C=C/B1OC(C)(C)C(C)(C)O1)CB1OC(C)(C)C(C)(C)O1. The summed E-state index contributed by atoms with van der Waals surface area (Å²) in [5, 5.41) is 0. The van der Waals surface area contributed by atoms with E-state index in [2.05, 4.69) is 119 Å². The summed E-state index contributed by atoms with van der Waals surface area (Å²) in [6.07, 6.45) is 2.81. The molecule has 2 aliphatic heterocycles. The van der Waals surface area contributed by atoms with Crippen molar-refractivity contribution in [1.29, 1.82) is 0 Å². The molecule has 2 atom stereocenters. The van der Waals surface area contributed by atoms with Crippen LogP contribution in [0.4, 0.5) is 0 Å². The van der Waals surface area contributed by atoms with Gasteiger partial charge in [0.25, 0.3) is 0 Å². The van der Waals surface area contributed by atoms with Crippen molar-refractivity contribution in [3.05, 3.63) is 47.9 Å². The molecule has 206 valence electrons. The quantitative estimate of drug-likeness (QED) is 0.276. The molecule has 0 bridgehead atoms. The minimum Gasteiger partial charge on any atom is -0.409 e. The van der Waals surface area contributed by atoms with Crippen LogP contribution in [-0.4, -0.2) is 45.0 Å². The Balaban J connectivity index is 1.98. The lowest BCUT2D eigenvalue weighted by Crippen LogP contribution is -2.41. The maximum atomic E-state index is 7.24. The van der Waals surface area contributed by atoms with Gasteiger partial charge in [0.05, 0.1) is 28.5 Å². The average molecular weight is 528 g/mol. The van der Waals surface area contributed by atoms with Gasteiger partial charge in [-0.05, 0) is 85.4 Å². The van der Waals surface area contributed by atoms with E-state index in [-0.39, 0.29) is 41.5 Å². The molecule has 2 heterocycles. The second-order valence-corrected chi connectivity index (χ2v) is 17.5. The molecule has 0 unspecified atom stereocenters. The summed E-state index contributed by atoms with van der Waals surface area (Å²) < 4.78 is 32.8. The van der Waals surface area contributed by atoms with Gasteiger partial charge in [-0.1, -0.05) is 63.2 Å². The van der Waals surface area contributed by atoms with Crippen molar-refractivity contribution in [3.8, 4) is 0 Å².